The molecule has 0 saturated carbocycles. The maximum atomic E-state index is 6.00. The van der Waals surface area contributed by atoms with Crippen LogP contribution >= 0.6 is 0 Å². The zero-order chi connectivity index (χ0) is 21.6. The van der Waals surface area contributed by atoms with Gasteiger partial charge in [0.15, 0.2) is 0 Å². The number of allylic oxidation sites excluding steroid dienone is 1. The summed E-state index contributed by atoms with van der Waals surface area (Å²) >= 11 is 0. The maximum absolute atomic E-state index is 6.00. The van der Waals surface area contributed by atoms with E-state index in [0.29, 0.717) is 25.8 Å². The summed E-state index contributed by atoms with van der Waals surface area (Å²) in [4.78, 5) is 12.9. The average Bonchev–Trinajstić information content (AvgIpc) is 2.74. The van der Waals surface area contributed by atoms with Crippen LogP contribution in [0.5, 0.6) is 17.5 Å². The van der Waals surface area contributed by atoms with E-state index in [-0.39, 0.29) is 0 Å². The van der Waals surface area contributed by atoms with Crippen LogP contribution in [0.2, 0.25) is 0 Å². The summed E-state index contributed by atoms with van der Waals surface area (Å²) in [5, 5.41) is 3.66. The van der Waals surface area contributed by atoms with Crippen LogP contribution in [0.15, 0.2) is 41.8 Å². The first-order valence-electron chi connectivity index (χ1n) is 10.1. The predicted molar refractivity (Wildman–Crippen MR) is 118 cm³/mol. The summed E-state index contributed by atoms with van der Waals surface area (Å²) < 4.78 is 17.3. The van der Waals surface area contributed by atoms with Gasteiger partial charge in [-0.05, 0) is 63.3 Å². The molecular formula is C23H31N3O4. The SMILES string of the molecule is C/C=C/COc1cc(C)c(OCCCCCOc2ncc(C=NOC)cn2)c(C)c1. The highest BCUT2D eigenvalue weighted by molar-refractivity contribution is 5.77. The van der Waals surface area contributed by atoms with E-state index in [1.54, 1.807) is 12.4 Å². The second kappa shape index (κ2) is 13.2. The lowest BCUT2D eigenvalue weighted by Crippen LogP contribution is -2.04. The second-order valence-electron chi connectivity index (χ2n) is 6.74. The van der Waals surface area contributed by atoms with Crippen molar-refractivity contribution in [1.29, 1.82) is 0 Å². The number of unbranched alkanes of at least 4 members (excludes halogenated alkanes) is 2. The fourth-order valence-electron chi connectivity index (χ4n) is 2.76. The van der Waals surface area contributed by atoms with Crippen molar-refractivity contribution in [1.82, 2.24) is 9.97 Å². The van der Waals surface area contributed by atoms with Crippen molar-refractivity contribution < 1.29 is 19.0 Å². The van der Waals surface area contributed by atoms with Crippen LogP contribution in [0.4, 0.5) is 0 Å². The zero-order valence-electron chi connectivity index (χ0n) is 18.3. The first kappa shape index (κ1) is 23.2. The van der Waals surface area contributed by atoms with Gasteiger partial charge in [-0.3, -0.25) is 0 Å². The lowest BCUT2D eigenvalue weighted by molar-refractivity contribution is 0.215. The van der Waals surface area contributed by atoms with Crippen molar-refractivity contribution >= 4 is 6.21 Å². The Hall–Kier alpha value is -3.09. The number of aromatic nitrogens is 2. The molecular weight excluding hydrogens is 382 g/mol. The van der Waals surface area contributed by atoms with Crippen LogP contribution in [-0.2, 0) is 4.84 Å². The maximum Gasteiger partial charge on any atom is 0.316 e. The van der Waals surface area contributed by atoms with E-state index in [1.165, 1.54) is 13.3 Å². The highest BCUT2D eigenvalue weighted by Crippen LogP contribution is 2.28. The van der Waals surface area contributed by atoms with Crippen molar-refractivity contribution in [3.05, 3.63) is 53.4 Å². The summed E-state index contributed by atoms with van der Waals surface area (Å²) in [6.45, 7) is 7.89. The minimum absolute atomic E-state index is 0.365. The number of hydrogen-bond donors (Lipinski definition) is 0. The van der Waals surface area contributed by atoms with Gasteiger partial charge in [-0.1, -0.05) is 17.3 Å². The lowest BCUT2D eigenvalue weighted by atomic mass is 10.1. The third-order valence-corrected chi connectivity index (χ3v) is 4.24. The largest absolute Gasteiger partial charge is 0.493 e. The van der Waals surface area contributed by atoms with Gasteiger partial charge in [-0.2, -0.15) is 0 Å². The van der Waals surface area contributed by atoms with E-state index < -0.39 is 0 Å². The standard InChI is InChI=1S/C23H31N3O4/c1-5-6-10-28-21-13-18(2)22(19(3)14-21)29-11-8-7-9-12-30-23-24-15-20(16-25-23)17-26-27-4/h5-6,13-17H,7-12H2,1-4H3/b6-5+,26-17?. The van der Waals surface area contributed by atoms with Crippen molar-refractivity contribution in [2.75, 3.05) is 26.9 Å². The van der Waals surface area contributed by atoms with Gasteiger partial charge in [0, 0.05) is 18.0 Å². The average molecular weight is 414 g/mol. The summed E-state index contributed by atoms with van der Waals surface area (Å²) in [6, 6.07) is 4.40. The Balaban J connectivity index is 1.65. The van der Waals surface area contributed by atoms with E-state index in [9.17, 15) is 0 Å². The zero-order valence-corrected chi connectivity index (χ0v) is 18.3. The topological polar surface area (TPSA) is 75.1 Å². The molecule has 0 unspecified atom stereocenters. The number of nitrogens with zero attached hydrogens (tertiary/aromatic N) is 3. The lowest BCUT2D eigenvalue weighted by Gasteiger charge is -2.14. The smallest absolute Gasteiger partial charge is 0.316 e. The number of rotatable bonds is 13. The van der Waals surface area contributed by atoms with Crippen LogP contribution in [0, 0.1) is 13.8 Å². The quantitative estimate of drug-likeness (QED) is 0.206. The fraction of sp³-hybridized carbons (Fsp3) is 0.435. The van der Waals surface area contributed by atoms with E-state index in [0.717, 1.165) is 47.5 Å². The van der Waals surface area contributed by atoms with Crippen LogP contribution in [0.25, 0.3) is 0 Å². The molecule has 0 aliphatic heterocycles. The molecule has 2 aromatic rings. The number of ether oxygens (including phenoxy) is 3. The molecule has 0 radical (unpaired) electrons. The van der Waals surface area contributed by atoms with Gasteiger partial charge in [0.1, 0.15) is 25.2 Å². The van der Waals surface area contributed by atoms with Crippen LogP contribution in [0.1, 0.15) is 42.9 Å². The van der Waals surface area contributed by atoms with Crippen LogP contribution in [0.3, 0.4) is 0 Å². The van der Waals surface area contributed by atoms with E-state index in [4.69, 9.17) is 14.2 Å². The van der Waals surface area contributed by atoms with Gasteiger partial charge in [0.2, 0.25) is 0 Å². The third-order valence-electron chi connectivity index (χ3n) is 4.24. The molecule has 0 fully saturated rings. The monoisotopic (exact) mass is 413 g/mol. The molecule has 0 spiro atoms. The Kier molecular flexibility index (Phi) is 10.2. The Bertz CT molecular complexity index is 797. The Morgan fingerprint density at radius 1 is 0.933 bits per heavy atom. The molecule has 0 aliphatic carbocycles. The second-order valence-corrected chi connectivity index (χ2v) is 6.74. The Morgan fingerprint density at radius 3 is 2.23 bits per heavy atom. The Labute approximate surface area is 178 Å². The van der Waals surface area contributed by atoms with Gasteiger partial charge in [0.05, 0.1) is 19.4 Å². The molecule has 1 aromatic carbocycles. The van der Waals surface area contributed by atoms with E-state index in [2.05, 4.69) is 20.0 Å². The molecule has 0 N–H and O–H groups in total. The molecule has 1 heterocycles. The molecule has 7 heteroatoms. The van der Waals surface area contributed by atoms with Crippen molar-refractivity contribution in [2.24, 2.45) is 5.16 Å². The highest BCUT2D eigenvalue weighted by atomic mass is 16.6. The van der Waals surface area contributed by atoms with Crippen LogP contribution in [-0.4, -0.2) is 43.1 Å². The summed E-state index contributed by atoms with van der Waals surface area (Å²) in [5.41, 5.74) is 2.93. The van der Waals surface area contributed by atoms with Gasteiger partial charge in [-0.25, -0.2) is 9.97 Å². The van der Waals surface area contributed by atoms with Crippen molar-refractivity contribution in [2.45, 2.75) is 40.0 Å². The first-order chi connectivity index (χ1) is 14.6. The van der Waals surface area contributed by atoms with Gasteiger partial charge >= 0.3 is 6.01 Å². The van der Waals surface area contributed by atoms with Crippen molar-refractivity contribution in [3.8, 4) is 17.5 Å². The molecule has 0 amide bonds. The normalized spacial score (nSPS) is 11.2. The number of hydrogen-bond acceptors (Lipinski definition) is 7. The number of aryl methyl sites for hydroxylation is 2. The number of benzene rings is 1. The first-order valence-corrected chi connectivity index (χ1v) is 10.1. The van der Waals surface area contributed by atoms with Gasteiger partial charge in [-0.15, -0.1) is 0 Å². The number of oxime groups is 1. The summed E-state index contributed by atoms with van der Waals surface area (Å²) in [5.74, 6) is 1.81. The minimum Gasteiger partial charge on any atom is -0.493 e. The van der Waals surface area contributed by atoms with E-state index in [1.807, 2.05) is 45.1 Å². The van der Waals surface area contributed by atoms with Crippen LogP contribution < -0.4 is 14.2 Å². The Morgan fingerprint density at radius 2 is 1.60 bits per heavy atom. The molecule has 0 atom stereocenters. The minimum atomic E-state index is 0.365. The molecule has 162 valence electrons. The third kappa shape index (κ3) is 8.11. The molecule has 30 heavy (non-hydrogen) atoms. The summed E-state index contributed by atoms with van der Waals surface area (Å²) in [6.07, 6.45) is 11.6. The molecule has 7 nitrogen and oxygen atoms in total. The fourth-order valence-corrected chi connectivity index (χ4v) is 2.76. The highest BCUT2D eigenvalue weighted by Gasteiger charge is 2.07. The van der Waals surface area contributed by atoms with Crippen molar-refractivity contribution in [3.63, 3.8) is 0 Å². The van der Waals surface area contributed by atoms with E-state index >= 15 is 0 Å². The molecule has 0 saturated heterocycles. The molecule has 2 rings (SSSR count). The molecule has 0 aliphatic rings. The van der Waals surface area contributed by atoms with Gasteiger partial charge < -0.3 is 19.0 Å². The summed E-state index contributed by atoms with van der Waals surface area (Å²) in [7, 11) is 1.49. The van der Waals surface area contributed by atoms with Gasteiger partial charge in [0.25, 0.3) is 0 Å². The predicted octanol–water partition coefficient (Wildman–Crippen LogP) is 4.66. The molecule has 0 bridgehead atoms. The molecule has 1 aromatic heterocycles.